The molecule has 1 aromatic carbocycles. The zero-order valence-corrected chi connectivity index (χ0v) is 11.3. The van der Waals surface area contributed by atoms with Crippen molar-refractivity contribution in [1.29, 1.82) is 0 Å². The molecule has 20 heavy (non-hydrogen) atoms. The molecule has 0 aliphatic carbocycles. The van der Waals surface area contributed by atoms with Gasteiger partial charge in [0.1, 0.15) is 11.6 Å². The third-order valence-corrected chi connectivity index (χ3v) is 2.76. The lowest BCUT2D eigenvalue weighted by atomic mass is 10.3. The summed E-state index contributed by atoms with van der Waals surface area (Å²) in [7, 11) is 0. The fourth-order valence-corrected chi connectivity index (χ4v) is 1.87. The van der Waals surface area contributed by atoms with Gasteiger partial charge in [-0.2, -0.15) is 4.39 Å². The van der Waals surface area contributed by atoms with Crippen molar-refractivity contribution in [3.05, 3.63) is 46.8 Å². The number of nitrogens with zero attached hydrogens (tertiary/aromatic N) is 1. The molecule has 0 fully saturated rings. The first-order chi connectivity index (χ1) is 9.33. The van der Waals surface area contributed by atoms with Gasteiger partial charge in [0.2, 0.25) is 5.95 Å². The Kier molecular flexibility index (Phi) is 4.12. The van der Waals surface area contributed by atoms with Crippen molar-refractivity contribution in [2.75, 3.05) is 5.32 Å². The third-order valence-electron chi connectivity index (χ3n) is 2.15. The molecule has 1 aromatic heterocycles. The van der Waals surface area contributed by atoms with Crippen LogP contribution in [0.5, 0.6) is 5.75 Å². The highest BCUT2D eigenvalue weighted by Crippen LogP contribution is 2.33. The monoisotopic (exact) mass is 350 g/mol. The zero-order chi connectivity index (χ0) is 14.8. The van der Waals surface area contributed by atoms with Crippen LogP contribution in [-0.4, -0.2) is 11.3 Å². The fraction of sp³-hybridized carbons (Fsp3) is 0.0833. The van der Waals surface area contributed by atoms with Gasteiger partial charge in [-0.05, 0) is 46.3 Å². The van der Waals surface area contributed by atoms with E-state index in [0.29, 0.717) is 5.69 Å². The van der Waals surface area contributed by atoms with Crippen LogP contribution in [0.15, 0.2) is 40.9 Å². The van der Waals surface area contributed by atoms with Gasteiger partial charge in [0.05, 0.1) is 4.47 Å². The maximum atomic E-state index is 12.9. The Morgan fingerprint density at radius 3 is 2.50 bits per heavy atom. The molecule has 0 radical (unpaired) electrons. The lowest BCUT2D eigenvalue weighted by Crippen LogP contribution is -2.17. The highest BCUT2D eigenvalue weighted by Gasteiger charge is 2.31. The van der Waals surface area contributed by atoms with Crippen molar-refractivity contribution in [2.45, 2.75) is 6.36 Å². The van der Waals surface area contributed by atoms with Crippen molar-refractivity contribution in [2.24, 2.45) is 0 Å². The average Bonchev–Trinajstić information content (AvgIpc) is 2.31. The third kappa shape index (κ3) is 4.09. The van der Waals surface area contributed by atoms with E-state index in [9.17, 15) is 17.6 Å². The Morgan fingerprint density at radius 1 is 1.15 bits per heavy atom. The second kappa shape index (κ2) is 5.66. The predicted molar refractivity (Wildman–Crippen MR) is 68.3 cm³/mol. The van der Waals surface area contributed by atoms with Crippen molar-refractivity contribution in [1.82, 2.24) is 4.98 Å². The van der Waals surface area contributed by atoms with E-state index in [1.165, 1.54) is 30.3 Å². The maximum Gasteiger partial charge on any atom is 0.573 e. The summed E-state index contributed by atoms with van der Waals surface area (Å²) in [5.74, 6) is -0.789. The molecule has 0 unspecified atom stereocenters. The van der Waals surface area contributed by atoms with Gasteiger partial charge in [-0.15, -0.1) is 13.2 Å². The van der Waals surface area contributed by atoms with Gasteiger partial charge in [-0.3, -0.25) is 0 Å². The number of alkyl halides is 3. The van der Waals surface area contributed by atoms with Gasteiger partial charge >= 0.3 is 6.36 Å². The summed E-state index contributed by atoms with van der Waals surface area (Å²) in [6, 6.07) is 8.03. The number of nitrogens with one attached hydrogen (secondary N) is 1. The lowest BCUT2D eigenvalue weighted by molar-refractivity contribution is -0.274. The smallest absolute Gasteiger partial charge is 0.405 e. The van der Waals surface area contributed by atoms with Gasteiger partial charge in [0, 0.05) is 5.69 Å². The molecule has 0 saturated carbocycles. The first-order valence-corrected chi connectivity index (χ1v) is 6.08. The minimum Gasteiger partial charge on any atom is -0.405 e. The molecule has 106 valence electrons. The van der Waals surface area contributed by atoms with Crippen LogP contribution in [0.2, 0.25) is 0 Å². The number of pyridine rings is 1. The van der Waals surface area contributed by atoms with Crippen molar-refractivity contribution in [3.63, 3.8) is 0 Å². The maximum absolute atomic E-state index is 12.9. The fourth-order valence-electron chi connectivity index (χ4n) is 1.41. The summed E-state index contributed by atoms with van der Waals surface area (Å²) in [6.07, 6.45) is -4.76. The van der Waals surface area contributed by atoms with E-state index in [1.54, 1.807) is 0 Å². The molecular formula is C12H7BrF4N2O. The topological polar surface area (TPSA) is 34.1 Å². The summed E-state index contributed by atoms with van der Waals surface area (Å²) in [4.78, 5) is 3.58. The van der Waals surface area contributed by atoms with Crippen LogP contribution in [0.4, 0.5) is 29.1 Å². The highest BCUT2D eigenvalue weighted by molar-refractivity contribution is 9.10. The van der Waals surface area contributed by atoms with E-state index in [1.807, 2.05) is 0 Å². The first kappa shape index (κ1) is 14.6. The molecule has 0 spiro atoms. The van der Waals surface area contributed by atoms with Gasteiger partial charge in [0.15, 0.2) is 0 Å². The molecule has 0 atom stereocenters. The highest BCUT2D eigenvalue weighted by atomic mass is 79.9. The molecule has 0 aliphatic heterocycles. The standard InChI is InChI=1S/C12H7BrF4N2O/c13-8-6-7(4-5-9(8)20-12(15,16)17)18-11-3-1-2-10(14)19-11/h1-6H,(H,18,19). The van der Waals surface area contributed by atoms with Crippen molar-refractivity contribution in [3.8, 4) is 5.75 Å². The molecule has 3 nitrogen and oxygen atoms in total. The van der Waals surface area contributed by atoms with Gasteiger partial charge in [-0.25, -0.2) is 4.98 Å². The zero-order valence-electron chi connectivity index (χ0n) is 9.71. The van der Waals surface area contributed by atoms with Crippen LogP contribution in [0, 0.1) is 5.95 Å². The second-order valence-corrected chi connectivity index (χ2v) is 4.52. The normalized spacial score (nSPS) is 11.2. The van der Waals surface area contributed by atoms with E-state index in [2.05, 4.69) is 31.0 Å². The van der Waals surface area contributed by atoms with E-state index in [-0.39, 0.29) is 16.0 Å². The Hall–Kier alpha value is -1.83. The largest absolute Gasteiger partial charge is 0.573 e. The summed E-state index contributed by atoms with van der Waals surface area (Å²) < 4.78 is 53.1. The first-order valence-electron chi connectivity index (χ1n) is 5.28. The number of hydrogen-bond acceptors (Lipinski definition) is 3. The molecule has 0 aliphatic rings. The molecular weight excluding hydrogens is 344 g/mol. The Morgan fingerprint density at radius 2 is 1.90 bits per heavy atom. The minimum absolute atomic E-state index is 0.108. The van der Waals surface area contributed by atoms with E-state index < -0.39 is 12.3 Å². The van der Waals surface area contributed by atoms with Crippen LogP contribution in [0.1, 0.15) is 0 Å². The summed E-state index contributed by atoms with van der Waals surface area (Å²) in [5, 5.41) is 2.76. The van der Waals surface area contributed by atoms with Crippen LogP contribution in [-0.2, 0) is 0 Å². The second-order valence-electron chi connectivity index (χ2n) is 3.66. The Balaban J connectivity index is 2.17. The number of rotatable bonds is 3. The Labute approximate surface area is 119 Å². The molecule has 8 heteroatoms. The molecule has 2 aromatic rings. The molecule has 0 amide bonds. The molecule has 1 N–H and O–H groups in total. The number of hydrogen-bond donors (Lipinski definition) is 1. The number of halogens is 5. The van der Waals surface area contributed by atoms with Crippen LogP contribution >= 0.6 is 15.9 Å². The SMILES string of the molecule is Fc1cccc(Nc2ccc(OC(F)(F)F)c(Br)c2)n1. The van der Waals surface area contributed by atoms with E-state index >= 15 is 0 Å². The van der Waals surface area contributed by atoms with Crippen molar-refractivity contribution >= 4 is 27.4 Å². The number of ether oxygens (including phenoxy) is 1. The molecule has 0 saturated heterocycles. The number of anilines is 2. The van der Waals surface area contributed by atoms with Crippen molar-refractivity contribution < 1.29 is 22.3 Å². The van der Waals surface area contributed by atoms with Gasteiger partial charge in [0.25, 0.3) is 0 Å². The Bertz CT molecular complexity index is 619. The number of aromatic nitrogens is 1. The van der Waals surface area contributed by atoms with E-state index in [0.717, 1.165) is 6.07 Å². The molecule has 2 rings (SSSR count). The van der Waals surface area contributed by atoms with Crippen LogP contribution < -0.4 is 10.1 Å². The average molecular weight is 351 g/mol. The minimum atomic E-state index is -4.76. The summed E-state index contributed by atoms with van der Waals surface area (Å²) >= 11 is 2.97. The molecule has 1 heterocycles. The van der Waals surface area contributed by atoms with E-state index in [4.69, 9.17) is 0 Å². The van der Waals surface area contributed by atoms with Gasteiger partial charge in [-0.1, -0.05) is 6.07 Å². The predicted octanol–water partition coefficient (Wildman–Crippen LogP) is 4.63. The number of benzene rings is 1. The quantitative estimate of drug-likeness (QED) is 0.647. The molecule has 0 bridgehead atoms. The lowest BCUT2D eigenvalue weighted by Gasteiger charge is -2.12. The van der Waals surface area contributed by atoms with Gasteiger partial charge < -0.3 is 10.1 Å². The van der Waals surface area contributed by atoms with Crippen LogP contribution in [0.3, 0.4) is 0 Å². The van der Waals surface area contributed by atoms with Crippen LogP contribution in [0.25, 0.3) is 0 Å². The summed E-state index contributed by atoms with van der Waals surface area (Å²) in [5.41, 5.74) is 0.435. The summed E-state index contributed by atoms with van der Waals surface area (Å²) in [6.45, 7) is 0.